The van der Waals surface area contributed by atoms with E-state index in [2.05, 4.69) is 15.0 Å². The fourth-order valence-corrected chi connectivity index (χ4v) is 3.05. The largest absolute Gasteiger partial charge is 0.355 e. The second-order valence-electron chi connectivity index (χ2n) is 5.32. The molecule has 1 aromatic carbocycles. The van der Waals surface area contributed by atoms with Gasteiger partial charge in [-0.15, -0.1) is 0 Å². The van der Waals surface area contributed by atoms with Crippen molar-refractivity contribution in [1.82, 2.24) is 9.69 Å². The summed E-state index contributed by atoms with van der Waals surface area (Å²) in [5.41, 5.74) is 0.328. The van der Waals surface area contributed by atoms with E-state index < -0.39 is 5.41 Å². The summed E-state index contributed by atoms with van der Waals surface area (Å²) in [7, 11) is 0. The number of piperidine rings is 1. The Hall–Kier alpha value is -1.95. The Balaban J connectivity index is 1.80. The molecule has 1 saturated heterocycles. The summed E-state index contributed by atoms with van der Waals surface area (Å²) in [6, 6.07) is 7.71. The van der Waals surface area contributed by atoms with E-state index in [1.54, 1.807) is 0 Å². The molecule has 1 aromatic heterocycles. The average Bonchev–Trinajstić information content (AvgIpc) is 2.86. The van der Waals surface area contributed by atoms with E-state index in [1.807, 2.05) is 31.2 Å². The molecule has 2 amide bonds. The summed E-state index contributed by atoms with van der Waals surface area (Å²) in [4.78, 5) is 23.7. The second kappa shape index (κ2) is 4.86. The fraction of sp³-hybridized carbons (Fsp3) is 0.357. The van der Waals surface area contributed by atoms with Crippen molar-refractivity contribution in [3.63, 3.8) is 0 Å². The van der Waals surface area contributed by atoms with E-state index in [0.717, 1.165) is 15.9 Å². The first-order valence-corrected chi connectivity index (χ1v) is 7.28. The zero-order valence-electron chi connectivity index (χ0n) is 11.1. The molecule has 1 fully saturated rings. The number of carbonyl (C=O) groups is 2. The maximum atomic E-state index is 12.5. The quantitative estimate of drug-likeness (QED) is 0.890. The third-order valence-electron chi connectivity index (χ3n) is 3.74. The molecule has 2 N–H and O–H groups in total. The number of rotatable bonds is 2. The van der Waals surface area contributed by atoms with Gasteiger partial charge < -0.3 is 10.6 Å². The topological polar surface area (TPSA) is 71.1 Å². The van der Waals surface area contributed by atoms with Gasteiger partial charge in [0.25, 0.3) is 0 Å². The number of nitrogens with zero attached hydrogens (tertiary/aromatic N) is 1. The van der Waals surface area contributed by atoms with Crippen molar-refractivity contribution in [3.8, 4) is 0 Å². The average molecular weight is 289 g/mol. The molecule has 2 aromatic rings. The minimum atomic E-state index is -0.557. The van der Waals surface area contributed by atoms with Crippen LogP contribution in [0.15, 0.2) is 24.3 Å². The molecular formula is C14H15N3O2S. The van der Waals surface area contributed by atoms with E-state index >= 15 is 0 Å². The van der Waals surface area contributed by atoms with Gasteiger partial charge in [-0.3, -0.25) is 9.59 Å². The van der Waals surface area contributed by atoms with Gasteiger partial charge in [-0.25, -0.2) is 0 Å². The van der Waals surface area contributed by atoms with Gasteiger partial charge in [-0.05, 0) is 37.0 Å². The van der Waals surface area contributed by atoms with Crippen molar-refractivity contribution in [3.05, 3.63) is 24.3 Å². The first-order valence-electron chi connectivity index (χ1n) is 6.51. The summed E-state index contributed by atoms with van der Waals surface area (Å²) in [5, 5.41) is 7.43. The van der Waals surface area contributed by atoms with Crippen LogP contribution < -0.4 is 10.6 Å². The fourth-order valence-electron chi connectivity index (χ4n) is 2.29. The van der Waals surface area contributed by atoms with E-state index in [0.29, 0.717) is 19.4 Å². The molecule has 104 valence electrons. The maximum Gasteiger partial charge on any atom is 0.232 e. The van der Waals surface area contributed by atoms with E-state index in [1.165, 1.54) is 11.5 Å². The Morgan fingerprint density at radius 1 is 1.45 bits per heavy atom. The van der Waals surface area contributed by atoms with Crippen LogP contribution in [0.3, 0.4) is 0 Å². The van der Waals surface area contributed by atoms with Gasteiger partial charge in [0.2, 0.25) is 11.8 Å². The van der Waals surface area contributed by atoms with Gasteiger partial charge in [0, 0.05) is 18.4 Å². The molecule has 0 radical (unpaired) electrons. The number of benzene rings is 1. The molecule has 1 unspecified atom stereocenters. The van der Waals surface area contributed by atoms with Crippen LogP contribution in [0.5, 0.6) is 0 Å². The van der Waals surface area contributed by atoms with Crippen LogP contribution in [0.2, 0.25) is 0 Å². The number of nitrogens with one attached hydrogen (secondary N) is 2. The van der Waals surface area contributed by atoms with Crippen molar-refractivity contribution in [2.75, 3.05) is 11.9 Å². The standard InChI is InChI=1S/C14H15N3O2S/c1-14(7-6-11(18)15-8-14)13(19)16-12-9-4-2-3-5-10(9)17-20-12/h2-5H,6-8H2,1H3,(H,15,18)(H,16,19). The number of fused-ring (bicyclic) bond motifs is 1. The number of aromatic nitrogens is 1. The molecule has 0 saturated carbocycles. The highest BCUT2D eigenvalue weighted by Gasteiger charge is 2.37. The van der Waals surface area contributed by atoms with E-state index in [9.17, 15) is 9.59 Å². The predicted octanol–water partition coefficient (Wildman–Crippen LogP) is 2.15. The summed E-state index contributed by atoms with van der Waals surface area (Å²) in [6.07, 6.45) is 0.967. The molecule has 20 heavy (non-hydrogen) atoms. The predicted molar refractivity (Wildman–Crippen MR) is 78.6 cm³/mol. The molecule has 0 spiro atoms. The van der Waals surface area contributed by atoms with Crippen LogP contribution in [-0.2, 0) is 9.59 Å². The SMILES string of the molecule is CC1(C(=O)Nc2snc3ccccc23)CCC(=O)NC1. The van der Waals surface area contributed by atoms with Gasteiger partial charge in [-0.2, -0.15) is 4.37 Å². The molecule has 1 aliphatic heterocycles. The maximum absolute atomic E-state index is 12.5. The van der Waals surface area contributed by atoms with Crippen LogP contribution in [-0.4, -0.2) is 22.7 Å². The second-order valence-corrected chi connectivity index (χ2v) is 6.09. The zero-order valence-corrected chi connectivity index (χ0v) is 11.9. The molecule has 3 rings (SSSR count). The third-order valence-corrected chi connectivity index (χ3v) is 4.53. The van der Waals surface area contributed by atoms with Crippen molar-refractivity contribution in [1.29, 1.82) is 0 Å². The zero-order chi connectivity index (χ0) is 14.2. The molecule has 6 heteroatoms. The molecule has 1 atom stereocenters. The lowest BCUT2D eigenvalue weighted by molar-refractivity contribution is -0.130. The van der Waals surface area contributed by atoms with Gasteiger partial charge in [0.05, 0.1) is 10.9 Å². The van der Waals surface area contributed by atoms with Gasteiger partial charge in [0.1, 0.15) is 5.00 Å². The first-order chi connectivity index (χ1) is 9.58. The number of carbonyl (C=O) groups excluding carboxylic acids is 2. The van der Waals surface area contributed by atoms with Crippen molar-refractivity contribution < 1.29 is 9.59 Å². The third kappa shape index (κ3) is 2.27. The Labute approximate surface area is 120 Å². The lowest BCUT2D eigenvalue weighted by Crippen LogP contribution is -2.48. The smallest absolute Gasteiger partial charge is 0.232 e. The number of hydrogen-bond acceptors (Lipinski definition) is 4. The summed E-state index contributed by atoms with van der Waals surface area (Å²) in [6.45, 7) is 2.26. The van der Waals surface area contributed by atoms with Crippen LogP contribution >= 0.6 is 11.5 Å². The minimum Gasteiger partial charge on any atom is -0.355 e. The van der Waals surface area contributed by atoms with Crippen molar-refractivity contribution in [2.45, 2.75) is 19.8 Å². The molecule has 1 aliphatic rings. The van der Waals surface area contributed by atoms with Crippen LogP contribution in [0.4, 0.5) is 5.00 Å². The summed E-state index contributed by atoms with van der Waals surface area (Å²) in [5.74, 6) is -0.0505. The molecular weight excluding hydrogens is 274 g/mol. The Morgan fingerprint density at radius 2 is 2.25 bits per heavy atom. The highest BCUT2D eigenvalue weighted by atomic mass is 32.1. The summed E-state index contributed by atoms with van der Waals surface area (Å²) >= 11 is 1.29. The molecule has 5 nitrogen and oxygen atoms in total. The van der Waals surface area contributed by atoms with Crippen LogP contribution in [0.1, 0.15) is 19.8 Å². The Kier molecular flexibility index (Phi) is 3.17. The highest BCUT2D eigenvalue weighted by molar-refractivity contribution is 7.12. The number of hydrogen-bond donors (Lipinski definition) is 2. The van der Waals surface area contributed by atoms with E-state index in [4.69, 9.17) is 0 Å². The Morgan fingerprint density at radius 3 is 3.00 bits per heavy atom. The molecule has 0 aliphatic carbocycles. The molecule has 0 bridgehead atoms. The molecule has 2 heterocycles. The number of amides is 2. The highest BCUT2D eigenvalue weighted by Crippen LogP contribution is 2.32. The first kappa shape index (κ1) is 13.1. The van der Waals surface area contributed by atoms with Gasteiger partial charge >= 0.3 is 0 Å². The van der Waals surface area contributed by atoms with Gasteiger partial charge in [-0.1, -0.05) is 12.1 Å². The van der Waals surface area contributed by atoms with Crippen LogP contribution in [0, 0.1) is 5.41 Å². The van der Waals surface area contributed by atoms with Gasteiger partial charge in [0.15, 0.2) is 0 Å². The normalized spacial score (nSPS) is 22.6. The Bertz CT molecular complexity index is 670. The number of anilines is 1. The minimum absolute atomic E-state index is 0.0125. The summed E-state index contributed by atoms with van der Waals surface area (Å²) < 4.78 is 4.31. The monoisotopic (exact) mass is 289 g/mol. The van der Waals surface area contributed by atoms with Crippen molar-refractivity contribution >= 4 is 39.3 Å². The van der Waals surface area contributed by atoms with Crippen LogP contribution in [0.25, 0.3) is 10.9 Å². The van der Waals surface area contributed by atoms with Crippen molar-refractivity contribution in [2.24, 2.45) is 5.41 Å². The lowest BCUT2D eigenvalue weighted by Gasteiger charge is -2.31. The lowest BCUT2D eigenvalue weighted by atomic mass is 9.81. The van der Waals surface area contributed by atoms with E-state index in [-0.39, 0.29) is 11.8 Å².